The lowest BCUT2D eigenvalue weighted by atomic mass is 10.1. The molecule has 0 amide bonds. The Labute approximate surface area is 99.3 Å². The summed E-state index contributed by atoms with van der Waals surface area (Å²) in [6.07, 6.45) is 3.98. The van der Waals surface area contributed by atoms with Crippen LogP contribution in [0, 0.1) is 11.3 Å². The largest absolute Gasteiger partial charge is 0.357 e. The van der Waals surface area contributed by atoms with Gasteiger partial charge in [0, 0.05) is 26.2 Å². The summed E-state index contributed by atoms with van der Waals surface area (Å²) in [4.78, 5) is 7.19. The van der Waals surface area contributed by atoms with Crippen molar-refractivity contribution in [1.29, 1.82) is 0 Å². The Kier molecular flexibility index (Phi) is 3.41. The first-order valence-corrected chi connectivity index (χ1v) is 6.67. The maximum Gasteiger partial charge on any atom is 0.193 e. The predicted octanol–water partition coefficient (Wildman–Crippen LogP) is 2.09. The monoisotopic (exact) mass is 223 g/mol. The van der Waals surface area contributed by atoms with Crippen LogP contribution in [0.15, 0.2) is 4.99 Å². The maximum absolute atomic E-state index is 4.78. The fourth-order valence-electron chi connectivity index (χ4n) is 2.44. The first-order chi connectivity index (χ1) is 7.63. The van der Waals surface area contributed by atoms with Crippen LogP contribution in [-0.4, -0.2) is 37.0 Å². The second-order valence-corrected chi connectivity index (χ2v) is 5.78. The average Bonchev–Trinajstić information content (AvgIpc) is 2.71. The number of guanidine groups is 1. The van der Waals surface area contributed by atoms with Crippen LogP contribution in [0.5, 0.6) is 0 Å². The molecule has 3 heteroatoms. The highest BCUT2D eigenvalue weighted by Crippen LogP contribution is 2.51. The molecule has 0 aromatic rings. The van der Waals surface area contributed by atoms with Crippen molar-refractivity contribution in [3.8, 4) is 0 Å². The third kappa shape index (κ3) is 2.69. The summed E-state index contributed by atoms with van der Waals surface area (Å²) in [5, 5.41) is 3.41. The molecule has 16 heavy (non-hydrogen) atoms. The van der Waals surface area contributed by atoms with Gasteiger partial charge in [-0.15, -0.1) is 0 Å². The lowest BCUT2D eigenvalue weighted by Crippen LogP contribution is -2.39. The third-order valence-corrected chi connectivity index (χ3v) is 3.92. The molecule has 2 rings (SSSR count). The normalized spacial score (nSPS) is 28.3. The molecule has 0 spiro atoms. The second kappa shape index (κ2) is 4.64. The van der Waals surface area contributed by atoms with E-state index in [9.17, 15) is 0 Å². The van der Waals surface area contributed by atoms with E-state index in [1.807, 2.05) is 0 Å². The van der Waals surface area contributed by atoms with E-state index >= 15 is 0 Å². The Morgan fingerprint density at radius 3 is 2.50 bits per heavy atom. The molecule has 92 valence electrons. The number of nitrogens with one attached hydrogen (secondary N) is 1. The van der Waals surface area contributed by atoms with Crippen molar-refractivity contribution in [2.24, 2.45) is 16.3 Å². The van der Waals surface area contributed by atoms with E-state index in [1.54, 1.807) is 0 Å². The number of rotatable bonds is 3. The van der Waals surface area contributed by atoms with E-state index < -0.39 is 0 Å². The van der Waals surface area contributed by atoms with E-state index in [-0.39, 0.29) is 0 Å². The van der Waals surface area contributed by atoms with Gasteiger partial charge in [0.05, 0.1) is 0 Å². The second-order valence-electron chi connectivity index (χ2n) is 5.78. The summed E-state index contributed by atoms with van der Waals surface area (Å²) in [5.74, 6) is 1.95. The van der Waals surface area contributed by atoms with E-state index in [0.717, 1.165) is 25.0 Å². The minimum Gasteiger partial charge on any atom is -0.357 e. The van der Waals surface area contributed by atoms with Crippen LogP contribution in [0.3, 0.4) is 0 Å². The standard InChI is InChI=1S/C13H25N3/c1-4-14-12(16-7-5-6-8-16)15-10-11-9-13(11,2)3/h11H,4-10H2,1-3H3,(H,14,15). The molecule has 1 saturated heterocycles. The Morgan fingerprint density at radius 1 is 1.38 bits per heavy atom. The SMILES string of the molecule is CCNC(=NCC1CC1(C)C)N1CCCC1. The predicted molar refractivity (Wildman–Crippen MR) is 68.7 cm³/mol. The highest BCUT2D eigenvalue weighted by Gasteiger charge is 2.45. The molecule has 0 radical (unpaired) electrons. The summed E-state index contributed by atoms with van der Waals surface area (Å²) >= 11 is 0. The number of hydrogen-bond acceptors (Lipinski definition) is 1. The molecule has 1 saturated carbocycles. The topological polar surface area (TPSA) is 27.6 Å². The van der Waals surface area contributed by atoms with E-state index in [4.69, 9.17) is 4.99 Å². The van der Waals surface area contributed by atoms with Gasteiger partial charge in [0.15, 0.2) is 5.96 Å². The van der Waals surface area contributed by atoms with Crippen LogP contribution < -0.4 is 5.32 Å². The minimum atomic E-state index is 0.547. The van der Waals surface area contributed by atoms with Crippen molar-refractivity contribution in [2.75, 3.05) is 26.2 Å². The summed E-state index contributed by atoms with van der Waals surface area (Å²) < 4.78 is 0. The van der Waals surface area contributed by atoms with Gasteiger partial charge in [-0.3, -0.25) is 4.99 Å². The van der Waals surface area contributed by atoms with Gasteiger partial charge < -0.3 is 10.2 Å². The van der Waals surface area contributed by atoms with Gasteiger partial charge >= 0.3 is 0 Å². The Balaban J connectivity index is 1.88. The summed E-state index contributed by atoms with van der Waals surface area (Å²) in [5.41, 5.74) is 0.547. The molecule has 0 aromatic heterocycles. The van der Waals surface area contributed by atoms with Crippen molar-refractivity contribution >= 4 is 5.96 Å². The first-order valence-electron chi connectivity index (χ1n) is 6.67. The van der Waals surface area contributed by atoms with Gasteiger partial charge in [-0.2, -0.15) is 0 Å². The molecule has 1 heterocycles. The number of aliphatic imine (C=N–C) groups is 1. The summed E-state index contributed by atoms with van der Waals surface area (Å²) in [6, 6.07) is 0. The smallest absolute Gasteiger partial charge is 0.193 e. The first kappa shape index (κ1) is 11.7. The average molecular weight is 223 g/mol. The quantitative estimate of drug-likeness (QED) is 0.586. The zero-order valence-corrected chi connectivity index (χ0v) is 10.9. The van der Waals surface area contributed by atoms with Crippen molar-refractivity contribution < 1.29 is 0 Å². The number of nitrogens with zero attached hydrogens (tertiary/aromatic N) is 2. The summed E-state index contributed by atoms with van der Waals surface area (Å²) in [6.45, 7) is 11.2. The van der Waals surface area contributed by atoms with Crippen LogP contribution in [-0.2, 0) is 0 Å². The Bertz CT molecular complexity index is 264. The highest BCUT2D eigenvalue weighted by atomic mass is 15.3. The molecule has 0 aromatic carbocycles. The van der Waals surface area contributed by atoms with Gasteiger partial charge in [-0.1, -0.05) is 13.8 Å². The van der Waals surface area contributed by atoms with Crippen LogP contribution in [0.4, 0.5) is 0 Å². The molecular formula is C13H25N3. The fourth-order valence-corrected chi connectivity index (χ4v) is 2.44. The van der Waals surface area contributed by atoms with Crippen molar-refractivity contribution in [2.45, 2.75) is 40.0 Å². The maximum atomic E-state index is 4.78. The van der Waals surface area contributed by atoms with Crippen LogP contribution >= 0.6 is 0 Å². The van der Waals surface area contributed by atoms with Gasteiger partial charge in [0.25, 0.3) is 0 Å². The molecule has 2 aliphatic rings. The lowest BCUT2D eigenvalue weighted by molar-refractivity contribution is 0.489. The Hall–Kier alpha value is -0.730. The molecule has 2 fully saturated rings. The van der Waals surface area contributed by atoms with E-state index in [0.29, 0.717) is 5.41 Å². The minimum absolute atomic E-state index is 0.547. The van der Waals surface area contributed by atoms with Crippen LogP contribution in [0.1, 0.15) is 40.0 Å². The summed E-state index contributed by atoms with van der Waals surface area (Å²) in [7, 11) is 0. The fraction of sp³-hybridized carbons (Fsp3) is 0.923. The van der Waals surface area contributed by atoms with Gasteiger partial charge in [0.1, 0.15) is 0 Å². The molecular weight excluding hydrogens is 198 g/mol. The number of hydrogen-bond donors (Lipinski definition) is 1. The van der Waals surface area contributed by atoms with Crippen molar-refractivity contribution in [1.82, 2.24) is 10.2 Å². The number of likely N-dealkylation sites (tertiary alicyclic amines) is 1. The van der Waals surface area contributed by atoms with Crippen molar-refractivity contribution in [3.05, 3.63) is 0 Å². The zero-order valence-electron chi connectivity index (χ0n) is 10.9. The van der Waals surface area contributed by atoms with Crippen LogP contribution in [0.2, 0.25) is 0 Å². The lowest BCUT2D eigenvalue weighted by Gasteiger charge is -2.20. The zero-order chi connectivity index (χ0) is 11.6. The molecule has 3 nitrogen and oxygen atoms in total. The van der Waals surface area contributed by atoms with Gasteiger partial charge in [0.2, 0.25) is 0 Å². The molecule has 1 atom stereocenters. The Morgan fingerprint density at radius 2 is 2.00 bits per heavy atom. The molecule has 0 bridgehead atoms. The van der Waals surface area contributed by atoms with E-state index in [1.165, 1.54) is 32.4 Å². The highest BCUT2D eigenvalue weighted by molar-refractivity contribution is 5.80. The molecule has 1 aliphatic carbocycles. The third-order valence-electron chi connectivity index (χ3n) is 3.92. The van der Waals surface area contributed by atoms with Crippen LogP contribution in [0.25, 0.3) is 0 Å². The van der Waals surface area contributed by atoms with E-state index in [2.05, 4.69) is 31.0 Å². The van der Waals surface area contributed by atoms with Gasteiger partial charge in [-0.25, -0.2) is 0 Å². The van der Waals surface area contributed by atoms with Gasteiger partial charge in [-0.05, 0) is 37.5 Å². The molecule has 1 aliphatic heterocycles. The molecule has 1 N–H and O–H groups in total. The molecule has 1 unspecified atom stereocenters. The van der Waals surface area contributed by atoms with Crippen molar-refractivity contribution in [3.63, 3.8) is 0 Å².